The van der Waals surface area contributed by atoms with Crippen LogP contribution in [-0.4, -0.2) is 23.9 Å². The van der Waals surface area contributed by atoms with Crippen LogP contribution in [0, 0.1) is 5.41 Å². The van der Waals surface area contributed by atoms with Crippen molar-refractivity contribution >= 4 is 5.91 Å². The highest BCUT2D eigenvalue weighted by atomic mass is 16.2. The van der Waals surface area contributed by atoms with Gasteiger partial charge in [-0.1, -0.05) is 6.92 Å². The zero-order chi connectivity index (χ0) is 8.60. The summed E-state index contributed by atoms with van der Waals surface area (Å²) in [6.45, 7) is 4.12. The molecule has 2 fully saturated rings. The van der Waals surface area contributed by atoms with E-state index in [0.717, 1.165) is 25.9 Å². The summed E-state index contributed by atoms with van der Waals surface area (Å²) in [6.07, 6.45) is 5.95. The zero-order valence-electron chi connectivity index (χ0n) is 7.81. The predicted octanol–water partition coefficient (Wildman–Crippen LogP) is 1.80. The highest BCUT2D eigenvalue weighted by molar-refractivity contribution is 5.84. The lowest BCUT2D eigenvalue weighted by Crippen LogP contribution is -2.39. The van der Waals surface area contributed by atoms with Gasteiger partial charge < -0.3 is 4.90 Å². The quantitative estimate of drug-likeness (QED) is 0.583. The van der Waals surface area contributed by atoms with Gasteiger partial charge in [-0.15, -0.1) is 0 Å². The molecule has 2 rings (SSSR count). The smallest absolute Gasteiger partial charge is 0.228 e. The molecule has 0 unspecified atom stereocenters. The van der Waals surface area contributed by atoms with E-state index < -0.39 is 0 Å². The summed E-state index contributed by atoms with van der Waals surface area (Å²) in [5.74, 6) is 0.419. The molecule has 0 bridgehead atoms. The Morgan fingerprint density at radius 1 is 1.17 bits per heavy atom. The molecule has 0 aromatic carbocycles. The summed E-state index contributed by atoms with van der Waals surface area (Å²) in [5, 5.41) is 0. The fraction of sp³-hybridized carbons (Fsp3) is 0.900. The molecule has 0 N–H and O–H groups in total. The molecule has 68 valence electrons. The minimum atomic E-state index is 0.0529. The Hall–Kier alpha value is -0.530. The zero-order valence-corrected chi connectivity index (χ0v) is 7.81. The lowest BCUT2D eigenvalue weighted by atomic mass is 10.1. The van der Waals surface area contributed by atoms with Gasteiger partial charge in [-0.2, -0.15) is 0 Å². The lowest BCUT2D eigenvalue weighted by molar-refractivity contribution is -0.137. The molecular weight excluding hydrogens is 150 g/mol. The number of carbonyl (C=O) groups excluding carboxylic acids is 1. The molecule has 2 aliphatic rings. The van der Waals surface area contributed by atoms with E-state index in [1.807, 2.05) is 0 Å². The largest absolute Gasteiger partial charge is 0.342 e. The molecule has 2 nitrogen and oxygen atoms in total. The number of nitrogens with zero attached hydrogens (tertiary/aromatic N) is 1. The molecule has 12 heavy (non-hydrogen) atoms. The van der Waals surface area contributed by atoms with E-state index in [4.69, 9.17) is 0 Å². The Balaban J connectivity index is 1.94. The van der Waals surface area contributed by atoms with Crippen molar-refractivity contribution in [3.05, 3.63) is 0 Å². The molecule has 0 aromatic rings. The molecule has 1 saturated heterocycles. The Kier molecular flexibility index (Phi) is 1.85. The van der Waals surface area contributed by atoms with Gasteiger partial charge in [0.25, 0.3) is 0 Å². The van der Waals surface area contributed by atoms with Crippen LogP contribution >= 0.6 is 0 Å². The number of hydrogen-bond donors (Lipinski definition) is 0. The standard InChI is InChI=1S/C10H17NO/c1-10(5-6-10)9(12)11-7-3-2-4-8-11/h2-8H2,1H3. The van der Waals surface area contributed by atoms with Gasteiger partial charge in [0.15, 0.2) is 0 Å². The normalized spacial score (nSPS) is 26.9. The first-order valence-electron chi connectivity index (χ1n) is 5.02. The lowest BCUT2D eigenvalue weighted by Gasteiger charge is -2.29. The SMILES string of the molecule is CC1(C(=O)N2CCCCC2)CC1. The van der Waals surface area contributed by atoms with Crippen molar-refractivity contribution in [2.45, 2.75) is 39.0 Å². The van der Waals surface area contributed by atoms with Crippen molar-refractivity contribution in [2.24, 2.45) is 5.41 Å². The summed E-state index contributed by atoms with van der Waals surface area (Å²) in [4.78, 5) is 13.9. The summed E-state index contributed by atoms with van der Waals surface area (Å²) in [5.41, 5.74) is 0.0529. The van der Waals surface area contributed by atoms with Crippen LogP contribution in [-0.2, 0) is 4.79 Å². The second-order valence-electron chi connectivity index (χ2n) is 4.41. The van der Waals surface area contributed by atoms with E-state index in [9.17, 15) is 4.79 Å². The molecule has 1 aliphatic heterocycles. The minimum absolute atomic E-state index is 0.0529. The Morgan fingerprint density at radius 3 is 2.25 bits per heavy atom. The highest BCUT2D eigenvalue weighted by Crippen LogP contribution is 2.46. The number of likely N-dealkylation sites (tertiary alicyclic amines) is 1. The van der Waals surface area contributed by atoms with Crippen LogP contribution in [0.1, 0.15) is 39.0 Å². The van der Waals surface area contributed by atoms with Crippen molar-refractivity contribution in [3.63, 3.8) is 0 Å². The van der Waals surface area contributed by atoms with Gasteiger partial charge in [0, 0.05) is 18.5 Å². The van der Waals surface area contributed by atoms with Gasteiger partial charge in [-0.3, -0.25) is 4.79 Å². The monoisotopic (exact) mass is 167 g/mol. The first kappa shape index (κ1) is 8.09. The Labute approximate surface area is 73.9 Å². The third kappa shape index (κ3) is 1.35. The van der Waals surface area contributed by atoms with Crippen LogP contribution in [0.25, 0.3) is 0 Å². The molecule has 1 amide bonds. The van der Waals surface area contributed by atoms with Crippen LogP contribution in [0.3, 0.4) is 0 Å². The average molecular weight is 167 g/mol. The van der Waals surface area contributed by atoms with Gasteiger partial charge in [0.05, 0.1) is 0 Å². The Morgan fingerprint density at radius 2 is 1.75 bits per heavy atom. The van der Waals surface area contributed by atoms with E-state index in [0.29, 0.717) is 5.91 Å². The van der Waals surface area contributed by atoms with Crippen molar-refractivity contribution in [1.29, 1.82) is 0 Å². The summed E-state index contributed by atoms with van der Waals surface area (Å²) in [6, 6.07) is 0. The van der Waals surface area contributed by atoms with Crippen LogP contribution in [0.5, 0.6) is 0 Å². The summed E-state index contributed by atoms with van der Waals surface area (Å²) in [7, 11) is 0. The summed E-state index contributed by atoms with van der Waals surface area (Å²) < 4.78 is 0. The minimum Gasteiger partial charge on any atom is -0.342 e. The van der Waals surface area contributed by atoms with Crippen molar-refractivity contribution in [2.75, 3.05) is 13.1 Å². The average Bonchev–Trinajstić information content (AvgIpc) is 2.85. The van der Waals surface area contributed by atoms with Gasteiger partial charge >= 0.3 is 0 Å². The molecule has 0 aromatic heterocycles. The first-order chi connectivity index (χ1) is 5.72. The number of carbonyl (C=O) groups is 1. The number of hydrogen-bond acceptors (Lipinski definition) is 1. The maximum absolute atomic E-state index is 11.8. The molecule has 1 aliphatic carbocycles. The van der Waals surface area contributed by atoms with Crippen molar-refractivity contribution in [3.8, 4) is 0 Å². The van der Waals surface area contributed by atoms with E-state index in [2.05, 4.69) is 11.8 Å². The predicted molar refractivity (Wildman–Crippen MR) is 47.8 cm³/mol. The van der Waals surface area contributed by atoms with Crippen LogP contribution in [0.15, 0.2) is 0 Å². The number of rotatable bonds is 1. The molecule has 2 heteroatoms. The van der Waals surface area contributed by atoms with Gasteiger partial charge in [-0.05, 0) is 32.1 Å². The van der Waals surface area contributed by atoms with Gasteiger partial charge in [-0.25, -0.2) is 0 Å². The van der Waals surface area contributed by atoms with Crippen LogP contribution in [0.4, 0.5) is 0 Å². The maximum Gasteiger partial charge on any atom is 0.228 e. The summed E-state index contributed by atoms with van der Waals surface area (Å²) >= 11 is 0. The molecule has 0 atom stereocenters. The first-order valence-corrected chi connectivity index (χ1v) is 5.02. The fourth-order valence-electron chi connectivity index (χ4n) is 1.88. The van der Waals surface area contributed by atoms with E-state index >= 15 is 0 Å². The van der Waals surface area contributed by atoms with Crippen LogP contribution in [0.2, 0.25) is 0 Å². The van der Waals surface area contributed by atoms with Gasteiger partial charge in [0.1, 0.15) is 0 Å². The second-order valence-corrected chi connectivity index (χ2v) is 4.41. The Bertz CT molecular complexity index is 190. The highest BCUT2D eigenvalue weighted by Gasteiger charge is 2.46. The van der Waals surface area contributed by atoms with Crippen molar-refractivity contribution < 1.29 is 4.79 Å². The third-order valence-electron chi connectivity index (χ3n) is 3.16. The number of amides is 1. The van der Waals surface area contributed by atoms with E-state index in [1.165, 1.54) is 19.3 Å². The van der Waals surface area contributed by atoms with E-state index in [1.54, 1.807) is 0 Å². The van der Waals surface area contributed by atoms with Crippen molar-refractivity contribution in [1.82, 2.24) is 4.90 Å². The second kappa shape index (κ2) is 2.75. The molecule has 0 radical (unpaired) electrons. The molecule has 1 saturated carbocycles. The topological polar surface area (TPSA) is 20.3 Å². The molecular formula is C10H17NO. The van der Waals surface area contributed by atoms with E-state index in [-0.39, 0.29) is 5.41 Å². The van der Waals surface area contributed by atoms with Crippen LogP contribution < -0.4 is 0 Å². The number of piperidine rings is 1. The maximum atomic E-state index is 11.8. The fourth-order valence-corrected chi connectivity index (χ4v) is 1.88. The third-order valence-corrected chi connectivity index (χ3v) is 3.16. The molecule has 1 heterocycles. The van der Waals surface area contributed by atoms with Gasteiger partial charge in [0.2, 0.25) is 5.91 Å². The molecule has 0 spiro atoms.